The van der Waals surface area contributed by atoms with E-state index >= 15 is 0 Å². The second kappa shape index (κ2) is 10.5. The van der Waals surface area contributed by atoms with E-state index in [9.17, 15) is 24.3 Å². The summed E-state index contributed by atoms with van der Waals surface area (Å²) in [5.41, 5.74) is 2.77. The summed E-state index contributed by atoms with van der Waals surface area (Å²) in [7, 11) is 0. The normalized spacial score (nSPS) is 19.8. The van der Waals surface area contributed by atoms with Gasteiger partial charge in [0.05, 0.1) is 31.7 Å². The Labute approximate surface area is 225 Å². The number of nitrogens with zero attached hydrogens (tertiary/aromatic N) is 1. The summed E-state index contributed by atoms with van der Waals surface area (Å²) in [5.74, 6) is -5.65. The van der Waals surface area contributed by atoms with Gasteiger partial charge in [-0.25, -0.2) is 4.90 Å². The molecule has 184 valence electrons. The second-order valence-corrected chi connectivity index (χ2v) is 9.56. The molecule has 0 aromatic heterocycles. The number of rotatable bonds is 6. The lowest BCUT2D eigenvalue weighted by Crippen LogP contribution is -2.36. The van der Waals surface area contributed by atoms with Crippen LogP contribution in [0.1, 0.15) is 11.1 Å². The van der Waals surface area contributed by atoms with Crippen LogP contribution in [0.4, 0.5) is 11.4 Å². The Kier molecular flexibility index (Phi) is 7.57. The molecule has 3 amide bonds. The molecule has 2 aromatic carbocycles. The summed E-state index contributed by atoms with van der Waals surface area (Å²) in [6.07, 6.45) is 3.01. The van der Waals surface area contributed by atoms with E-state index < -0.39 is 23.7 Å². The Morgan fingerprint density at radius 2 is 1.25 bits per heavy atom. The Hall–Kier alpha value is -3.10. The molecule has 0 spiro atoms. The Morgan fingerprint density at radius 1 is 0.778 bits per heavy atom. The van der Waals surface area contributed by atoms with Crippen LogP contribution in [0.5, 0.6) is 0 Å². The molecular formula is C25H16Cl4N2O5. The van der Waals surface area contributed by atoms with Crippen molar-refractivity contribution in [2.45, 2.75) is 6.42 Å². The van der Waals surface area contributed by atoms with Crippen molar-refractivity contribution in [3.63, 3.8) is 0 Å². The van der Waals surface area contributed by atoms with E-state index in [1.165, 1.54) is 12.2 Å². The minimum absolute atomic E-state index is 0.169. The first kappa shape index (κ1) is 26.0. The third-order valence-electron chi connectivity index (χ3n) is 5.67. The van der Waals surface area contributed by atoms with Gasteiger partial charge in [0, 0.05) is 17.8 Å². The number of halogens is 4. The number of aliphatic carboxylic acids is 1. The first-order valence-electron chi connectivity index (χ1n) is 10.5. The maximum atomic E-state index is 12.9. The summed E-state index contributed by atoms with van der Waals surface area (Å²) < 4.78 is 0. The Bertz CT molecular complexity index is 1350. The molecule has 0 saturated carbocycles. The number of hydrogen-bond acceptors (Lipinski definition) is 4. The number of allylic oxidation sites excluding steroid dienone is 2. The van der Waals surface area contributed by atoms with Crippen molar-refractivity contribution in [1.29, 1.82) is 0 Å². The van der Waals surface area contributed by atoms with Crippen molar-refractivity contribution in [2.75, 3.05) is 10.2 Å². The molecule has 2 unspecified atom stereocenters. The molecule has 7 nitrogen and oxygen atoms in total. The smallest absolute Gasteiger partial charge is 0.313 e. The van der Waals surface area contributed by atoms with E-state index in [-0.39, 0.29) is 31.9 Å². The molecule has 2 aliphatic rings. The van der Waals surface area contributed by atoms with E-state index in [4.69, 9.17) is 46.4 Å². The van der Waals surface area contributed by atoms with Crippen LogP contribution in [-0.2, 0) is 25.6 Å². The summed E-state index contributed by atoms with van der Waals surface area (Å²) in [4.78, 5) is 49.4. The molecule has 0 fully saturated rings. The average Bonchev–Trinajstić information content (AvgIpc) is 3.19. The summed E-state index contributed by atoms with van der Waals surface area (Å²) in [6, 6.07) is 14.0. The van der Waals surface area contributed by atoms with E-state index in [2.05, 4.69) is 5.32 Å². The standard InChI is InChI=1S/C25H16Cl4N2O5/c26-20-18(19(25(35)36)21(27)23(29)22(20)28)24(34)30-14-5-1-12(2-6-14)11-13-3-7-15(8-4-13)31-16(32)9-10-17(31)33/h1-10,18-19H,11H2,(H,30,34)(H,35,36). The minimum atomic E-state index is -1.47. The van der Waals surface area contributed by atoms with Gasteiger partial charge < -0.3 is 10.4 Å². The molecule has 0 radical (unpaired) electrons. The molecule has 36 heavy (non-hydrogen) atoms. The van der Waals surface area contributed by atoms with Gasteiger partial charge in [-0.2, -0.15) is 0 Å². The van der Waals surface area contributed by atoms with Crippen LogP contribution in [0.2, 0.25) is 0 Å². The van der Waals surface area contributed by atoms with Crippen molar-refractivity contribution in [3.05, 3.63) is 91.9 Å². The maximum absolute atomic E-state index is 12.9. The second-order valence-electron chi connectivity index (χ2n) is 7.99. The quantitative estimate of drug-likeness (QED) is 0.459. The van der Waals surface area contributed by atoms with Gasteiger partial charge in [-0.1, -0.05) is 70.7 Å². The van der Waals surface area contributed by atoms with Crippen molar-refractivity contribution in [2.24, 2.45) is 11.8 Å². The first-order valence-corrected chi connectivity index (χ1v) is 12.0. The predicted molar refractivity (Wildman–Crippen MR) is 138 cm³/mol. The predicted octanol–water partition coefficient (Wildman–Crippen LogP) is 5.35. The summed E-state index contributed by atoms with van der Waals surface area (Å²) >= 11 is 24.2. The average molecular weight is 566 g/mol. The summed E-state index contributed by atoms with van der Waals surface area (Å²) in [6.45, 7) is 0. The Balaban J connectivity index is 1.44. The minimum Gasteiger partial charge on any atom is -0.481 e. The van der Waals surface area contributed by atoms with Gasteiger partial charge in [0.2, 0.25) is 5.91 Å². The number of carboxylic acid groups (broad SMARTS) is 1. The molecule has 11 heteroatoms. The molecule has 4 rings (SSSR count). The van der Waals surface area contributed by atoms with Gasteiger partial charge in [-0.15, -0.1) is 0 Å². The monoisotopic (exact) mass is 564 g/mol. The molecule has 0 saturated heterocycles. The number of hydrogen-bond donors (Lipinski definition) is 2. The van der Waals surface area contributed by atoms with Crippen LogP contribution in [0.15, 0.2) is 80.8 Å². The topological polar surface area (TPSA) is 104 Å². The lowest BCUT2D eigenvalue weighted by molar-refractivity contribution is -0.143. The fourth-order valence-electron chi connectivity index (χ4n) is 3.87. The highest BCUT2D eigenvalue weighted by Crippen LogP contribution is 2.46. The molecule has 2 atom stereocenters. The number of imide groups is 1. The van der Waals surface area contributed by atoms with E-state index in [1.54, 1.807) is 36.4 Å². The zero-order chi connectivity index (χ0) is 26.1. The fraction of sp³-hybridized carbons (Fsp3) is 0.120. The van der Waals surface area contributed by atoms with E-state index in [1.807, 2.05) is 12.1 Å². The largest absolute Gasteiger partial charge is 0.481 e. The number of carbonyl (C=O) groups excluding carboxylic acids is 3. The Morgan fingerprint density at radius 3 is 1.75 bits per heavy atom. The van der Waals surface area contributed by atoms with Gasteiger partial charge in [0.15, 0.2) is 0 Å². The van der Waals surface area contributed by atoms with Crippen LogP contribution in [0, 0.1) is 11.8 Å². The number of carboxylic acids is 1. The molecule has 1 aliphatic carbocycles. The highest BCUT2D eigenvalue weighted by molar-refractivity contribution is 6.52. The molecule has 2 N–H and O–H groups in total. The van der Waals surface area contributed by atoms with Gasteiger partial charge in [0.25, 0.3) is 11.8 Å². The number of anilines is 2. The molecule has 1 heterocycles. The van der Waals surface area contributed by atoms with Gasteiger partial charge >= 0.3 is 5.97 Å². The third kappa shape index (κ3) is 5.06. The van der Waals surface area contributed by atoms with Crippen LogP contribution in [-0.4, -0.2) is 28.8 Å². The van der Waals surface area contributed by atoms with Crippen molar-refractivity contribution >= 4 is 81.5 Å². The maximum Gasteiger partial charge on any atom is 0.313 e. The van der Waals surface area contributed by atoms with Crippen molar-refractivity contribution < 1.29 is 24.3 Å². The van der Waals surface area contributed by atoms with Crippen LogP contribution < -0.4 is 10.2 Å². The molecular weight excluding hydrogens is 550 g/mol. The van der Waals surface area contributed by atoms with Gasteiger partial charge in [-0.05, 0) is 41.8 Å². The van der Waals surface area contributed by atoms with E-state index in [0.717, 1.165) is 16.0 Å². The van der Waals surface area contributed by atoms with Crippen LogP contribution in [0.25, 0.3) is 0 Å². The van der Waals surface area contributed by atoms with Crippen molar-refractivity contribution in [3.8, 4) is 0 Å². The third-order valence-corrected chi connectivity index (χ3v) is 7.60. The van der Waals surface area contributed by atoms with Crippen LogP contribution in [0.3, 0.4) is 0 Å². The van der Waals surface area contributed by atoms with Gasteiger partial charge in [0.1, 0.15) is 5.92 Å². The number of benzene rings is 2. The highest BCUT2D eigenvalue weighted by atomic mass is 35.5. The zero-order valence-corrected chi connectivity index (χ0v) is 21.2. The SMILES string of the molecule is O=C(O)C1C(Cl)=C(Cl)C(Cl)=C(Cl)C1C(=O)Nc1ccc(Cc2ccc(N3C(=O)C=CC3=O)cc2)cc1. The lowest BCUT2D eigenvalue weighted by atomic mass is 9.86. The van der Waals surface area contributed by atoms with Crippen molar-refractivity contribution in [1.82, 2.24) is 0 Å². The zero-order valence-electron chi connectivity index (χ0n) is 18.2. The first-order chi connectivity index (χ1) is 17.1. The molecule has 0 bridgehead atoms. The fourth-order valence-corrected chi connectivity index (χ4v) is 5.04. The summed E-state index contributed by atoms with van der Waals surface area (Å²) in [5, 5.41) is 11.4. The van der Waals surface area contributed by atoms with Gasteiger partial charge in [-0.3, -0.25) is 19.2 Å². The van der Waals surface area contributed by atoms with Crippen LogP contribution >= 0.6 is 46.4 Å². The van der Waals surface area contributed by atoms with E-state index in [0.29, 0.717) is 17.8 Å². The highest BCUT2D eigenvalue weighted by Gasteiger charge is 2.44. The molecule has 2 aromatic rings. The molecule has 1 aliphatic heterocycles. The number of carbonyl (C=O) groups is 4. The number of amides is 3. The number of nitrogens with one attached hydrogen (secondary N) is 1. The lowest BCUT2D eigenvalue weighted by Gasteiger charge is -2.27.